The summed E-state index contributed by atoms with van der Waals surface area (Å²) in [7, 11) is -3.70. The van der Waals surface area contributed by atoms with Crippen LogP contribution in [0.2, 0.25) is 5.02 Å². The van der Waals surface area contributed by atoms with E-state index in [4.69, 9.17) is 11.6 Å². The van der Waals surface area contributed by atoms with Crippen molar-refractivity contribution < 1.29 is 18.0 Å². The average Bonchev–Trinajstić information content (AvgIpc) is 2.82. The number of carbonyl (C=O) groups excluding carboxylic acids is 2. The van der Waals surface area contributed by atoms with Crippen LogP contribution in [0.1, 0.15) is 34.0 Å². The normalized spacial score (nSPS) is 11.6. The van der Waals surface area contributed by atoms with Crippen molar-refractivity contribution in [1.29, 1.82) is 0 Å². The number of aryl methyl sites for hydroxylation is 2. The van der Waals surface area contributed by atoms with Crippen molar-refractivity contribution in [2.24, 2.45) is 5.10 Å². The fourth-order valence-electron chi connectivity index (χ4n) is 3.31. The molecule has 0 saturated heterocycles. The number of nitrogens with one attached hydrogen (secondary N) is 2. The molecule has 0 saturated carbocycles. The number of carbonyl (C=O) groups is 2. The van der Waals surface area contributed by atoms with Crippen LogP contribution in [0.25, 0.3) is 0 Å². The third-order valence-corrected chi connectivity index (χ3v) is 6.82. The lowest BCUT2D eigenvalue weighted by Gasteiger charge is -2.22. The highest BCUT2D eigenvalue weighted by Gasteiger charge is 2.21. The van der Waals surface area contributed by atoms with Crippen molar-refractivity contribution in [3.05, 3.63) is 94.0 Å². The van der Waals surface area contributed by atoms with Gasteiger partial charge >= 0.3 is 0 Å². The molecule has 0 unspecified atom stereocenters. The molecule has 188 valence electrons. The fourth-order valence-corrected chi connectivity index (χ4v) is 4.35. The monoisotopic (exact) mass is 526 g/mol. The van der Waals surface area contributed by atoms with E-state index in [0.717, 1.165) is 21.7 Å². The van der Waals surface area contributed by atoms with Gasteiger partial charge < -0.3 is 5.32 Å². The molecule has 0 bridgehead atoms. The van der Waals surface area contributed by atoms with E-state index in [-0.39, 0.29) is 5.91 Å². The highest BCUT2D eigenvalue weighted by Crippen LogP contribution is 2.21. The van der Waals surface area contributed by atoms with Crippen molar-refractivity contribution in [1.82, 2.24) is 5.43 Å². The summed E-state index contributed by atoms with van der Waals surface area (Å²) in [6.45, 7) is 5.06. The maximum Gasteiger partial charge on any atom is 0.260 e. The van der Waals surface area contributed by atoms with E-state index < -0.39 is 22.5 Å². The van der Waals surface area contributed by atoms with Gasteiger partial charge in [-0.15, -0.1) is 0 Å². The Morgan fingerprint density at radius 3 is 2.31 bits per heavy atom. The number of hydrazone groups is 1. The van der Waals surface area contributed by atoms with E-state index in [9.17, 15) is 18.0 Å². The first-order valence-electron chi connectivity index (χ1n) is 11.0. The molecule has 3 aromatic rings. The third kappa shape index (κ3) is 7.16. The van der Waals surface area contributed by atoms with Crippen LogP contribution in [0.4, 0.5) is 11.4 Å². The molecule has 0 aliphatic heterocycles. The third-order valence-electron chi connectivity index (χ3n) is 5.44. The summed E-state index contributed by atoms with van der Waals surface area (Å²) in [5.41, 5.74) is 6.84. The van der Waals surface area contributed by atoms with E-state index in [2.05, 4.69) is 15.8 Å². The highest BCUT2D eigenvalue weighted by atomic mass is 35.5. The molecule has 8 nitrogen and oxygen atoms in total. The topological polar surface area (TPSA) is 108 Å². The van der Waals surface area contributed by atoms with Gasteiger partial charge in [0.15, 0.2) is 0 Å². The zero-order chi connectivity index (χ0) is 26.5. The average molecular weight is 527 g/mol. The number of sulfonamides is 1. The molecule has 10 heteroatoms. The Labute approximate surface area is 216 Å². The van der Waals surface area contributed by atoms with Crippen LogP contribution in [-0.2, 0) is 14.8 Å². The minimum absolute atomic E-state index is 0.315. The lowest BCUT2D eigenvalue weighted by Crippen LogP contribution is -2.39. The first-order chi connectivity index (χ1) is 16.9. The Balaban J connectivity index is 1.70. The molecule has 0 fully saturated rings. The summed E-state index contributed by atoms with van der Waals surface area (Å²) < 4.78 is 25.7. The number of hydrogen-bond acceptors (Lipinski definition) is 5. The van der Waals surface area contributed by atoms with E-state index in [0.29, 0.717) is 33.2 Å². The van der Waals surface area contributed by atoms with Crippen LogP contribution in [-0.4, -0.2) is 38.7 Å². The van der Waals surface area contributed by atoms with E-state index in [1.165, 1.54) is 0 Å². The first kappa shape index (κ1) is 26.9. The number of rotatable bonds is 8. The zero-order valence-electron chi connectivity index (χ0n) is 20.4. The second-order valence-electron chi connectivity index (χ2n) is 8.32. The summed E-state index contributed by atoms with van der Waals surface area (Å²) in [6.07, 6.45) is 1.05. The molecule has 0 spiro atoms. The molecule has 3 aromatic carbocycles. The van der Waals surface area contributed by atoms with Crippen molar-refractivity contribution in [3.8, 4) is 0 Å². The quantitative estimate of drug-likeness (QED) is 0.332. The molecule has 0 heterocycles. The van der Waals surface area contributed by atoms with Gasteiger partial charge in [0, 0.05) is 16.3 Å². The van der Waals surface area contributed by atoms with Gasteiger partial charge in [-0.05, 0) is 79.9 Å². The van der Waals surface area contributed by atoms with Crippen LogP contribution < -0.4 is 15.0 Å². The van der Waals surface area contributed by atoms with Crippen molar-refractivity contribution in [2.75, 3.05) is 22.4 Å². The molecular weight excluding hydrogens is 500 g/mol. The number of amides is 2. The molecule has 2 N–H and O–H groups in total. The largest absolute Gasteiger partial charge is 0.322 e. The van der Waals surface area contributed by atoms with Crippen LogP contribution in [0.15, 0.2) is 71.8 Å². The highest BCUT2D eigenvalue weighted by molar-refractivity contribution is 7.92. The second-order valence-corrected chi connectivity index (χ2v) is 10.7. The SMILES string of the molecule is C/C(=N/NC(=O)CN(c1ccc(C)c(C)c1)S(C)(=O)=O)c1cccc(NC(=O)c2cccc(Cl)c2)c1. The molecule has 0 aliphatic rings. The Morgan fingerprint density at radius 2 is 1.64 bits per heavy atom. The minimum atomic E-state index is -3.70. The summed E-state index contributed by atoms with van der Waals surface area (Å²) in [5, 5.41) is 7.37. The van der Waals surface area contributed by atoms with Crippen LogP contribution in [0, 0.1) is 13.8 Å². The van der Waals surface area contributed by atoms with Gasteiger partial charge in [-0.25, -0.2) is 13.8 Å². The molecule has 3 rings (SSSR count). The molecule has 0 aliphatic carbocycles. The molecule has 0 radical (unpaired) electrons. The van der Waals surface area contributed by atoms with Gasteiger partial charge in [0.1, 0.15) is 6.54 Å². The lowest BCUT2D eigenvalue weighted by atomic mass is 10.1. The maximum absolute atomic E-state index is 12.6. The maximum atomic E-state index is 12.6. The van der Waals surface area contributed by atoms with Gasteiger partial charge in [-0.3, -0.25) is 13.9 Å². The van der Waals surface area contributed by atoms with Crippen LogP contribution in [0.5, 0.6) is 0 Å². The fraction of sp³-hybridized carbons (Fsp3) is 0.192. The molecular formula is C26H27ClN4O4S. The van der Waals surface area contributed by atoms with E-state index in [1.54, 1.807) is 73.7 Å². The van der Waals surface area contributed by atoms with Gasteiger partial charge in [0.2, 0.25) is 10.0 Å². The number of nitrogens with zero attached hydrogens (tertiary/aromatic N) is 2. The van der Waals surface area contributed by atoms with Crippen LogP contribution >= 0.6 is 11.6 Å². The van der Waals surface area contributed by atoms with Crippen molar-refractivity contribution in [3.63, 3.8) is 0 Å². The predicted molar refractivity (Wildman–Crippen MR) is 144 cm³/mol. The Bertz CT molecular complexity index is 1440. The summed E-state index contributed by atoms with van der Waals surface area (Å²) in [6, 6.07) is 18.8. The number of halogens is 1. The number of hydrogen-bond donors (Lipinski definition) is 2. The Morgan fingerprint density at radius 1 is 0.944 bits per heavy atom. The zero-order valence-corrected chi connectivity index (χ0v) is 21.9. The molecule has 0 aromatic heterocycles. The van der Waals surface area contributed by atoms with Gasteiger partial charge in [0.05, 0.1) is 17.7 Å². The molecule has 0 atom stereocenters. The van der Waals surface area contributed by atoms with Crippen LogP contribution in [0.3, 0.4) is 0 Å². The molecule has 2 amide bonds. The predicted octanol–water partition coefficient (Wildman–Crippen LogP) is 4.52. The van der Waals surface area contributed by atoms with Crippen molar-refractivity contribution in [2.45, 2.75) is 20.8 Å². The number of anilines is 2. The number of benzene rings is 3. The molecule has 36 heavy (non-hydrogen) atoms. The van der Waals surface area contributed by atoms with E-state index in [1.807, 2.05) is 13.8 Å². The summed E-state index contributed by atoms with van der Waals surface area (Å²) in [4.78, 5) is 25.1. The van der Waals surface area contributed by atoms with Gasteiger partial charge in [0.25, 0.3) is 11.8 Å². The smallest absolute Gasteiger partial charge is 0.260 e. The summed E-state index contributed by atoms with van der Waals surface area (Å²) in [5.74, 6) is -0.909. The van der Waals surface area contributed by atoms with Gasteiger partial charge in [-0.2, -0.15) is 5.10 Å². The van der Waals surface area contributed by atoms with E-state index >= 15 is 0 Å². The lowest BCUT2D eigenvalue weighted by molar-refractivity contribution is -0.119. The van der Waals surface area contributed by atoms with Crippen molar-refractivity contribution >= 4 is 50.5 Å². The minimum Gasteiger partial charge on any atom is -0.322 e. The second kappa shape index (κ2) is 11.4. The summed E-state index contributed by atoms with van der Waals surface area (Å²) >= 11 is 5.96. The Kier molecular flexibility index (Phi) is 8.49. The van der Waals surface area contributed by atoms with Gasteiger partial charge in [-0.1, -0.05) is 35.9 Å². The first-order valence-corrected chi connectivity index (χ1v) is 13.2. The standard InChI is InChI=1S/C26H27ClN4O4S/c1-17-11-12-24(13-18(17)2)31(36(4,34)35)16-25(32)30-29-19(3)20-7-6-10-23(15-20)28-26(33)21-8-5-9-22(27)14-21/h5-15H,16H2,1-4H3,(H,28,33)(H,30,32)/b29-19-. The Hall–Kier alpha value is -3.69.